The van der Waals surface area contributed by atoms with Crippen LogP contribution in [-0.2, 0) is 6.42 Å². The van der Waals surface area contributed by atoms with Crippen LogP contribution in [0, 0.1) is 5.92 Å². The second-order valence-electron chi connectivity index (χ2n) is 6.52. The second-order valence-corrected chi connectivity index (χ2v) is 6.52. The molecule has 1 aliphatic rings. The van der Waals surface area contributed by atoms with Crippen molar-refractivity contribution in [3.05, 3.63) is 30.1 Å². The summed E-state index contributed by atoms with van der Waals surface area (Å²) in [7, 11) is 1.82. The van der Waals surface area contributed by atoms with Gasteiger partial charge in [-0.1, -0.05) is 13.0 Å². The van der Waals surface area contributed by atoms with Crippen molar-refractivity contribution in [2.75, 3.05) is 33.2 Å². The van der Waals surface area contributed by atoms with Crippen LogP contribution < -0.4 is 10.6 Å². The first-order valence-electron chi connectivity index (χ1n) is 8.77. The number of piperidine rings is 1. The van der Waals surface area contributed by atoms with E-state index in [1.165, 1.54) is 25.9 Å². The van der Waals surface area contributed by atoms with Crippen LogP contribution in [0.1, 0.15) is 32.4 Å². The molecule has 0 saturated carbocycles. The molecular weight excluding hydrogens is 286 g/mol. The first-order chi connectivity index (χ1) is 11.2. The summed E-state index contributed by atoms with van der Waals surface area (Å²) in [6, 6.07) is 6.56. The van der Waals surface area contributed by atoms with Gasteiger partial charge in [0.05, 0.1) is 0 Å². The quantitative estimate of drug-likeness (QED) is 0.622. The Hall–Kier alpha value is -1.62. The molecular formula is C18H31N5. The van der Waals surface area contributed by atoms with Gasteiger partial charge in [-0.3, -0.25) is 14.9 Å². The third-order valence-electron chi connectivity index (χ3n) is 4.63. The molecule has 2 N–H and O–H groups in total. The van der Waals surface area contributed by atoms with Gasteiger partial charge < -0.3 is 10.6 Å². The van der Waals surface area contributed by atoms with Gasteiger partial charge in [0.2, 0.25) is 0 Å². The summed E-state index contributed by atoms with van der Waals surface area (Å²) in [5.41, 5.74) is 1.10. The van der Waals surface area contributed by atoms with Gasteiger partial charge in [-0.25, -0.2) is 0 Å². The fourth-order valence-electron chi connectivity index (χ4n) is 2.92. The Morgan fingerprint density at radius 3 is 2.78 bits per heavy atom. The van der Waals surface area contributed by atoms with Crippen LogP contribution in [0.5, 0.6) is 0 Å². The maximum absolute atomic E-state index is 4.34. The zero-order valence-corrected chi connectivity index (χ0v) is 14.8. The standard InChI is InChI=1S/C18H31N5/c1-15-8-12-23(13-9-15)16(2)14-22-18(19-3)21-11-7-17-6-4-5-10-20-17/h4-6,10,15-16H,7-9,11-14H2,1-3H3,(H2,19,21,22). The third-order valence-corrected chi connectivity index (χ3v) is 4.63. The van der Waals surface area contributed by atoms with E-state index in [1.807, 2.05) is 25.4 Å². The zero-order chi connectivity index (χ0) is 16.5. The number of hydrogen-bond donors (Lipinski definition) is 2. The predicted octanol–water partition coefficient (Wildman–Crippen LogP) is 1.91. The Labute approximate surface area is 140 Å². The number of aromatic nitrogens is 1. The average Bonchev–Trinajstić information content (AvgIpc) is 2.59. The molecule has 1 unspecified atom stereocenters. The third kappa shape index (κ3) is 6.18. The van der Waals surface area contributed by atoms with Crippen LogP contribution in [0.25, 0.3) is 0 Å². The van der Waals surface area contributed by atoms with E-state index in [0.29, 0.717) is 6.04 Å². The van der Waals surface area contributed by atoms with Gasteiger partial charge in [0.1, 0.15) is 0 Å². The molecule has 1 fully saturated rings. The predicted molar refractivity (Wildman–Crippen MR) is 96.7 cm³/mol. The molecule has 0 amide bonds. The molecule has 2 heterocycles. The highest BCUT2D eigenvalue weighted by atomic mass is 15.2. The second kappa shape index (κ2) is 9.50. The van der Waals surface area contributed by atoms with Crippen molar-refractivity contribution < 1.29 is 0 Å². The monoisotopic (exact) mass is 317 g/mol. The first kappa shape index (κ1) is 17.7. The Balaban J connectivity index is 1.66. The van der Waals surface area contributed by atoms with Crippen molar-refractivity contribution in [2.24, 2.45) is 10.9 Å². The molecule has 1 aromatic rings. The largest absolute Gasteiger partial charge is 0.356 e. The van der Waals surface area contributed by atoms with E-state index >= 15 is 0 Å². The van der Waals surface area contributed by atoms with Gasteiger partial charge in [0.15, 0.2) is 5.96 Å². The van der Waals surface area contributed by atoms with E-state index in [4.69, 9.17) is 0 Å². The lowest BCUT2D eigenvalue weighted by Gasteiger charge is -2.35. The van der Waals surface area contributed by atoms with Crippen LogP contribution in [0.4, 0.5) is 0 Å². The smallest absolute Gasteiger partial charge is 0.191 e. The lowest BCUT2D eigenvalue weighted by Crippen LogP contribution is -2.48. The van der Waals surface area contributed by atoms with E-state index in [9.17, 15) is 0 Å². The molecule has 1 saturated heterocycles. The number of nitrogens with zero attached hydrogens (tertiary/aromatic N) is 3. The van der Waals surface area contributed by atoms with Crippen LogP contribution >= 0.6 is 0 Å². The minimum Gasteiger partial charge on any atom is -0.356 e. The van der Waals surface area contributed by atoms with Gasteiger partial charge in [-0.15, -0.1) is 0 Å². The summed E-state index contributed by atoms with van der Waals surface area (Å²) >= 11 is 0. The van der Waals surface area contributed by atoms with Crippen molar-refractivity contribution in [2.45, 2.75) is 39.2 Å². The lowest BCUT2D eigenvalue weighted by atomic mass is 9.98. The molecule has 128 valence electrons. The van der Waals surface area contributed by atoms with Gasteiger partial charge in [-0.05, 0) is 50.9 Å². The highest BCUT2D eigenvalue weighted by Crippen LogP contribution is 2.17. The minimum absolute atomic E-state index is 0.539. The molecule has 1 atom stereocenters. The maximum atomic E-state index is 4.34. The zero-order valence-electron chi connectivity index (χ0n) is 14.8. The van der Waals surface area contributed by atoms with Crippen molar-refractivity contribution >= 4 is 5.96 Å². The van der Waals surface area contributed by atoms with Gasteiger partial charge in [-0.2, -0.15) is 0 Å². The summed E-state index contributed by atoms with van der Waals surface area (Å²) < 4.78 is 0. The Morgan fingerprint density at radius 2 is 2.13 bits per heavy atom. The van der Waals surface area contributed by atoms with Gasteiger partial charge in [0.25, 0.3) is 0 Å². The van der Waals surface area contributed by atoms with Crippen LogP contribution in [0.3, 0.4) is 0 Å². The number of guanidine groups is 1. The number of aliphatic imine (C=N–C) groups is 1. The average molecular weight is 317 g/mol. The van der Waals surface area contributed by atoms with Crippen molar-refractivity contribution in [1.82, 2.24) is 20.5 Å². The van der Waals surface area contributed by atoms with Crippen LogP contribution in [0.2, 0.25) is 0 Å². The topological polar surface area (TPSA) is 52.6 Å². The molecule has 1 aliphatic heterocycles. The van der Waals surface area contributed by atoms with Crippen molar-refractivity contribution in [3.63, 3.8) is 0 Å². The summed E-state index contributed by atoms with van der Waals surface area (Å²) in [4.78, 5) is 11.2. The Morgan fingerprint density at radius 1 is 1.35 bits per heavy atom. The van der Waals surface area contributed by atoms with E-state index in [0.717, 1.165) is 37.1 Å². The van der Waals surface area contributed by atoms with E-state index in [2.05, 4.69) is 45.4 Å². The molecule has 0 aliphatic carbocycles. The van der Waals surface area contributed by atoms with E-state index in [-0.39, 0.29) is 0 Å². The Kier molecular flexibility index (Phi) is 7.33. The number of nitrogens with one attached hydrogen (secondary N) is 2. The highest BCUT2D eigenvalue weighted by Gasteiger charge is 2.20. The number of hydrogen-bond acceptors (Lipinski definition) is 3. The lowest BCUT2D eigenvalue weighted by molar-refractivity contribution is 0.147. The molecule has 0 aromatic carbocycles. The summed E-state index contributed by atoms with van der Waals surface area (Å²) in [6.07, 6.45) is 5.38. The van der Waals surface area contributed by atoms with Gasteiger partial charge >= 0.3 is 0 Å². The van der Waals surface area contributed by atoms with Crippen molar-refractivity contribution in [1.29, 1.82) is 0 Å². The number of rotatable bonds is 6. The molecule has 2 rings (SSSR count). The maximum Gasteiger partial charge on any atom is 0.191 e. The molecule has 0 bridgehead atoms. The first-order valence-corrected chi connectivity index (χ1v) is 8.77. The van der Waals surface area contributed by atoms with Crippen LogP contribution in [-0.4, -0.2) is 55.1 Å². The van der Waals surface area contributed by atoms with E-state index in [1.54, 1.807) is 0 Å². The molecule has 23 heavy (non-hydrogen) atoms. The normalized spacial score (nSPS) is 18.7. The minimum atomic E-state index is 0.539. The molecule has 0 spiro atoms. The fourth-order valence-corrected chi connectivity index (χ4v) is 2.92. The summed E-state index contributed by atoms with van der Waals surface area (Å²) in [6.45, 7) is 8.85. The van der Waals surface area contributed by atoms with Gasteiger partial charge in [0, 0.05) is 44.5 Å². The van der Waals surface area contributed by atoms with Crippen molar-refractivity contribution in [3.8, 4) is 0 Å². The molecule has 0 radical (unpaired) electrons. The number of likely N-dealkylation sites (tertiary alicyclic amines) is 1. The highest BCUT2D eigenvalue weighted by molar-refractivity contribution is 5.79. The van der Waals surface area contributed by atoms with Crippen LogP contribution in [0.15, 0.2) is 29.4 Å². The molecule has 1 aromatic heterocycles. The fraction of sp³-hybridized carbons (Fsp3) is 0.667. The number of pyridine rings is 1. The summed E-state index contributed by atoms with van der Waals surface area (Å²) in [5, 5.41) is 6.80. The van der Waals surface area contributed by atoms with E-state index < -0.39 is 0 Å². The molecule has 5 nitrogen and oxygen atoms in total. The molecule has 5 heteroatoms. The summed E-state index contributed by atoms with van der Waals surface area (Å²) in [5.74, 6) is 1.76. The SMILES string of the molecule is CN=C(NCCc1ccccn1)NCC(C)N1CCC(C)CC1. The Bertz CT molecular complexity index is 466.